The molecule has 0 aliphatic rings. The first-order valence-electron chi connectivity index (χ1n) is 2.98. The first kappa shape index (κ1) is 9.08. The molecule has 12 heavy (non-hydrogen) atoms. The van der Waals surface area contributed by atoms with E-state index in [1.807, 2.05) is 0 Å². The molecule has 0 aliphatic heterocycles. The summed E-state index contributed by atoms with van der Waals surface area (Å²) in [5, 5.41) is 8.15. The molecule has 0 bridgehead atoms. The fourth-order valence-electron chi connectivity index (χ4n) is 0.590. The number of pyridine rings is 1. The fraction of sp³-hybridized carbons (Fsp3) is 0. The Bertz CT molecular complexity index is 305. The van der Waals surface area contributed by atoms with E-state index >= 15 is 0 Å². The number of halogens is 2. The number of nitrogens with zero attached hydrogens (tertiary/aromatic N) is 2. The molecule has 1 aromatic rings. The average Bonchev–Trinajstić information content (AvgIpc) is 2.08. The summed E-state index contributed by atoms with van der Waals surface area (Å²) >= 11 is 2.95. The summed E-state index contributed by atoms with van der Waals surface area (Å²) in [7, 11) is 0. The highest BCUT2D eigenvalue weighted by molar-refractivity contribution is 9.10. The monoisotopic (exact) mass is 233 g/mol. The van der Waals surface area contributed by atoms with Crippen molar-refractivity contribution in [2.75, 3.05) is 0 Å². The number of hydrogen-bond donors (Lipinski definition) is 2. The summed E-state index contributed by atoms with van der Waals surface area (Å²) in [6.45, 7) is 0. The Balaban J connectivity index is 3.00. The second-order valence-electron chi connectivity index (χ2n) is 1.82. The highest BCUT2D eigenvalue weighted by atomic mass is 79.9. The molecule has 0 aromatic carbocycles. The van der Waals surface area contributed by atoms with E-state index in [2.05, 4.69) is 25.9 Å². The maximum Gasteiger partial charge on any atom is 0.170 e. The average molecular weight is 234 g/mol. The van der Waals surface area contributed by atoms with Gasteiger partial charge in [-0.05, 0) is 22.0 Å². The van der Waals surface area contributed by atoms with Gasteiger partial charge in [-0.1, -0.05) is 0 Å². The minimum atomic E-state index is -0.449. The Morgan fingerprint density at radius 3 is 3.17 bits per heavy atom. The zero-order valence-corrected chi connectivity index (χ0v) is 7.42. The van der Waals surface area contributed by atoms with E-state index in [1.54, 1.807) is 5.48 Å². The zero-order valence-electron chi connectivity index (χ0n) is 5.83. The molecule has 2 N–H and O–H groups in total. The van der Waals surface area contributed by atoms with Gasteiger partial charge in [0.15, 0.2) is 5.82 Å². The van der Waals surface area contributed by atoms with Crippen LogP contribution in [0.25, 0.3) is 0 Å². The summed E-state index contributed by atoms with van der Waals surface area (Å²) in [4.78, 5) is 7.34. The maximum absolute atomic E-state index is 12.8. The molecule has 4 nitrogen and oxygen atoms in total. The van der Waals surface area contributed by atoms with Gasteiger partial charge in [0, 0.05) is 6.20 Å². The van der Waals surface area contributed by atoms with Gasteiger partial charge >= 0.3 is 0 Å². The quantitative estimate of drug-likeness (QED) is 0.464. The van der Waals surface area contributed by atoms with Crippen molar-refractivity contribution >= 4 is 28.1 Å². The molecule has 0 saturated carbocycles. The number of aliphatic imine (C=N–C) groups is 1. The second-order valence-corrected chi connectivity index (χ2v) is 2.61. The molecule has 0 unspecified atom stereocenters. The molecule has 64 valence electrons. The third kappa shape index (κ3) is 1.99. The van der Waals surface area contributed by atoms with Crippen LogP contribution in [0.3, 0.4) is 0 Å². The van der Waals surface area contributed by atoms with Crippen molar-refractivity contribution in [3.63, 3.8) is 0 Å². The van der Waals surface area contributed by atoms with Crippen molar-refractivity contribution in [1.29, 1.82) is 0 Å². The van der Waals surface area contributed by atoms with Crippen LogP contribution >= 0.6 is 15.9 Å². The van der Waals surface area contributed by atoms with E-state index in [0.29, 0.717) is 0 Å². The van der Waals surface area contributed by atoms with Crippen LogP contribution in [-0.4, -0.2) is 16.5 Å². The largest absolute Gasteiger partial charge is 0.290 e. The molecular weight excluding hydrogens is 229 g/mol. The van der Waals surface area contributed by atoms with E-state index in [0.717, 1.165) is 6.34 Å². The summed E-state index contributed by atoms with van der Waals surface area (Å²) in [5.74, 6) is -0.286. The van der Waals surface area contributed by atoms with E-state index in [1.165, 1.54) is 12.3 Å². The van der Waals surface area contributed by atoms with E-state index in [9.17, 15) is 4.39 Å². The molecule has 1 rings (SSSR count). The maximum atomic E-state index is 12.8. The third-order valence-corrected chi connectivity index (χ3v) is 1.80. The van der Waals surface area contributed by atoms with Gasteiger partial charge in [-0.15, -0.1) is 0 Å². The molecule has 0 radical (unpaired) electrons. The first-order valence-corrected chi connectivity index (χ1v) is 3.77. The molecular formula is C6H5BrFN3O. The molecule has 6 heteroatoms. The lowest BCUT2D eigenvalue weighted by molar-refractivity contribution is 0.240. The van der Waals surface area contributed by atoms with E-state index in [4.69, 9.17) is 5.21 Å². The highest BCUT2D eigenvalue weighted by Gasteiger charge is 2.03. The van der Waals surface area contributed by atoms with Crippen LogP contribution in [-0.2, 0) is 0 Å². The molecule has 1 heterocycles. The number of hydrogen-bond acceptors (Lipinski definition) is 3. The normalized spacial score (nSPS) is 10.6. The molecule has 1 aromatic heterocycles. The minimum absolute atomic E-state index is 0.163. The van der Waals surface area contributed by atoms with Crippen LogP contribution in [0.15, 0.2) is 21.7 Å². The lowest BCUT2D eigenvalue weighted by Gasteiger charge is -1.96. The van der Waals surface area contributed by atoms with Crippen molar-refractivity contribution < 1.29 is 9.60 Å². The standard InChI is InChI=1S/C6H5BrFN3O/c7-5-4(8)1-2-9-6(5)10-3-11-12/h1-3,12H,(H,9,10,11). The van der Waals surface area contributed by atoms with Crippen LogP contribution in [0.5, 0.6) is 0 Å². The van der Waals surface area contributed by atoms with Gasteiger partial charge in [0.2, 0.25) is 0 Å². The topological polar surface area (TPSA) is 57.5 Å². The summed E-state index contributed by atoms with van der Waals surface area (Å²) in [5.41, 5.74) is 1.69. The highest BCUT2D eigenvalue weighted by Crippen LogP contribution is 2.24. The minimum Gasteiger partial charge on any atom is -0.290 e. The SMILES string of the molecule is ONC=Nc1nccc(F)c1Br. The van der Waals surface area contributed by atoms with Crippen molar-refractivity contribution in [2.24, 2.45) is 4.99 Å². The van der Waals surface area contributed by atoms with Crippen LogP contribution in [0.2, 0.25) is 0 Å². The van der Waals surface area contributed by atoms with Crippen LogP contribution in [0, 0.1) is 5.82 Å². The van der Waals surface area contributed by atoms with Crippen molar-refractivity contribution in [3.05, 3.63) is 22.6 Å². The van der Waals surface area contributed by atoms with Crippen molar-refractivity contribution in [1.82, 2.24) is 10.5 Å². The van der Waals surface area contributed by atoms with E-state index in [-0.39, 0.29) is 10.3 Å². The van der Waals surface area contributed by atoms with Crippen molar-refractivity contribution in [2.45, 2.75) is 0 Å². The molecule has 0 spiro atoms. The lowest BCUT2D eigenvalue weighted by Crippen LogP contribution is -2.01. The lowest BCUT2D eigenvalue weighted by atomic mass is 10.4. The van der Waals surface area contributed by atoms with Gasteiger partial charge in [0.05, 0.1) is 4.47 Å². The summed E-state index contributed by atoms with van der Waals surface area (Å²) < 4.78 is 12.9. The molecule has 0 fully saturated rings. The first-order chi connectivity index (χ1) is 5.75. The van der Waals surface area contributed by atoms with Gasteiger partial charge in [0.1, 0.15) is 12.2 Å². The predicted octanol–water partition coefficient (Wildman–Crippen LogP) is 1.62. The van der Waals surface area contributed by atoms with Crippen LogP contribution in [0.4, 0.5) is 10.2 Å². The number of aromatic nitrogens is 1. The molecule has 0 saturated heterocycles. The molecule has 0 amide bonds. The summed E-state index contributed by atoms with van der Waals surface area (Å²) in [6.07, 6.45) is 2.27. The second kappa shape index (κ2) is 4.13. The van der Waals surface area contributed by atoms with E-state index < -0.39 is 5.82 Å². The number of rotatable bonds is 2. The Morgan fingerprint density at radius 2 is 2.50 bits per heavy atom. The Labute approximate surface area is 76.2 Å². The third-order valence-electron chi connectivity index (χ3n) is 1.07. The Morgan fingerprint density at radius 1 is 1.75 bits per heavy atom. The van der Waals surface area contributed by atoms with Gasteiger partial charge < -0.3 is 0 Å². The van der Waals surface area contributed by atoms with Crippen LogP contribution in [0.1, 0.15) is 0 Å². The number of nitrogens with one attached hydrogen (secondary N) is 1. The zero-order chi connectivity index (χ0) is 8.97. The van der Waals surface area contributed by atoms with Crippen LogP contribution < -0.4 is 5.48 Å². The van der Waals surface area contributed by atoms with Gasteiger partial charge in [-0.25, -0.2) is 14.4 Å². The van der Waals surface area contributed by atoms with Gasteiger partial charge in [0.25, 0.3) is 0 Å². The predicted molar refractivity (Wildman–Crippen MR) is 45.0 cm³/mol. The molecule has 0 aliphatic carbocycles. The molecule has 0 atom stereocenters. The van der Waals surface area contributed by atoms with Crippen molar-refractivity contribution in [3.8, 4) is 0 Å². The summed E-state index contributed by atoms with van der Waals surface area (Å²) in [6, 6.07) is 1.20. The van der Waals surface area contributed by atoms with Gasteiger partial charge in [-0.2, -0.15) is 0 Å². The Hall–Kier alpha value is -1.01. The smallest absolute Gasteiger partial charge is 0.170 e. The fourth-order valence-corrected chi connectivity index (χ4v) is 0.927. The Kier molecular flexibility index (Phi) is 3.12. The number of hydroxylamine groups is 1. The van der Waals surface area contributed by atoms with Gasteiger partial charge in [-0.3, -0.25) is 10.7 Å².